The molecular formula is C26H38O6. The molecule has 7 atom stereocenters. The SMILES string of the molecule is CCCCC(=O)O[C@]1(C(=O)CO)CCC2C3CCC4=CC(=O)CCC4(C)C3C(O)CC21C. The molecule has 6 heteroatoms. The van der Waals surface area contributed by atoms with E-state index in [4.69, 9.17) is 4.74 Å². The average Bonchev–Trinajstić information content (AvgIpc) is 3.04. The highest BCUT2D eigenvalue weighted by molar-refractivity contribution is 5.92. The monoisotopic (exact) mass is 446 g/mol. The molecule has 2 N–H and O–H groups in total. The van der Waals surface area contributed by atoms with Gasteiger partial charge in [-0.2, -0.15) is 0 Å². The van der Waals surface area contributed by atoms with Gasteiger partial charge in [0, 0.05) is 18.3 Å². The van der Waals surface area contributed by atoms with Crippen molar-refractivity contribution >= 4 is 17.5 Å². The van der Waals surface area contributed by atoms with Crippen molar-refractivity contribution in [2.24, 2.45) is 28.6 Å². The quantitative estimate of drug-likeness (QED) is 0.606. The highest BCUT2D eigenvalue weighted by Gasteiger charge is 2.70. The first-order valence-corrected chi connectivity index (χ1v) is 12.4. The summed E-state index contributed by atoms with van der Waals surface area (Å²) in [7, 11) is 0. The topological polar surface area (TPSA) is 101 Å². The maximum absolute atomic E-state index is 13.1. The number of aliphatic hydroxyl groups excluding tert-OH is 2. The fourth-order valence-corrected chi connectivity index (χ4v) is 8.05. The zero-order chi connectivity index (χ0) is 23.3. The highest BCUT2D eigenvalue weighted by Crippen LogP contribution is 2.68. The van der Waals surface area contributed by atoms with Gasteiger partial charge >= 0.3 is 5.97 Å². The molecule has 3 fully saturated rings. The third-order valence-electron chi connectivity index (χ3n) is 9.63. The zero-order valence-corrected chi connectivity index (χ0v) is 19.7. The van der Waals surface area contributed by atoms with Crippen molar-refractivity contribution in [3.05, 3.63) is 11.6 Å². The number of allylic oxidation sites excluding steroid dienone is 1. The Bertz CT molecular complexity index is 832. The van der Waals surface area contributed by atoms with Crippen LogP contribution in [0.4, 0.5) is 0 Å². The molecule has 4 aliphatic rings. The molecule has 0 heterocycles. The first-order chi connectivity index (χ1) is 15.1. The first kappa shape index (κ1) is 23.6. The number of carbonyl (C=O) groups excluding carboxylic acids is 3. The van der Waals surface area contributed by atoms with E-state index in [1.54, 1.807) is 0 Å². The van der Waals surface area contributed by atoms with E-state index in [1.807, 2.05) is 19.9 Å². The Balaban J connectivity index is 1.70. The number of ketones is 2. The molecule has 0 aliphatic heterocycles. The molecule has 0 aromatic carbocycles. The van der Waals surface area contributed by atoms with Gasteiger partial charge in [-0.15, -0.1) is 0 Å². The Hall–Kier alpha value is -1.53. The lowest BCUT2D eigenvalue weighted by Crippen LogP contribution is -2.63. The first-order valence-electron chi connectivity index (χ1n) is 12.4. The number of fused-ring (bicyclic) bond motifs is 5. The minimum atomic E-state index is -1.37. The van der Waals surface area contributed by atoms with Crippen LogP contribution in [0.5, 0.6) is 0 Å². The number of Topliss-reactive ketones (excluding diaryl/α,β-unsaturated/α-hetero) is 1. The Morgan fingerprint density at radius 3 is 2.62 bits per heavy atom. The van der Waals surface area contributed by atoms with E-state index in [2.05, 4.69) is 6.92 Å². The lowest BCUT2D eigenvalue weighted by atomic mass is 9.45. The summed E-state index contributed by atoms with van der Waals surface area (Å²) < 4.78 is 5.98. The molecule has 0 aromatic rings. The normalized spacial score (nSPS) is 43.0. The number of aliphatic hydroxyl groups is 2. The third-order valence-corrected chi connectivity index (χ3v) is 9.63. The molecule has 178 valence electrons. The molecule has 4 aliphatic carbocycles. The van der Waals surface area contributed by atoms with Crippen molar-refractivity contribution in [2.45, 2.75) is 96.7 Å². The summed E-state index contributed by atoms with van der Waals surface area (Å²) in [4.78, 5) is 37.9. The summed E-state index contributed by atoms with van der Waals surface area (Å²) in [6.07, 6.45) is 7.44. The van der Waals surface area contributed by atoms with Crippen LogP contribution in [-0.2, 0) is 19.1 Å². The van der Waals surface area contributed by atoms with Gasteiger partial charge in [0.2, 0.25) is 5.78 Å². The number of hydrogen-bond acceptors (Lipinski definition) is 6. The fourth-order valence-electron chi connectivity index (χ4n) is 8.05. The van der Waals surface area contributed by atoms with Gasteiger partial charge in [0.25, 0.3) is 0 Å². The second-order valence-electron chi connectivity index (χ2n) is 11.1. The lowest BCUT2D eigenvalue weighted by molar-refractivity contribution is -0.202. The van der Waals surface area contributed by atoms with Crippen molar-refractivity contribution in [1.82, 2.24) is 0 Å². The summed E-state index contributed by atoms with van der Waals surface area (Å²) in [6, 6.07) is 0. The lowest BCUT2D eigenvalue weighted by Gasteiger charge is -2.60. The van der Waals surface area contributed by atoms with Crippen LogP contribution in [0.1, 0.15) is 85.0 Å². The molecule has 0 aromatic heterocycles. The summed E-state index contributed by atoms with van der Waals surface area (Å²) in [6.45, 7) is 5.51. The number of esters is 1. The molecule has 32 heavy (non-hydrogen) atoms. The van der Waals surface area contributed by atoms with Crippen LogP contribution in [-0.4, -0.2) is 46.1 Å². The van der Waals surface area contributed by atoms with Crippen LogP contribution < -0.4 is 0 Å². The summed E-state index contributed by atoms with van der Waals surface area (Å²) in [5, 5.41) is 21.4. The van der Waals surface area contributed by atoms with Crippen molar-refractivity contribution < 1.29 is 29.3 Å². The molecule has 3 saturated carbocycles. The minimum absolute atomic E-state index is 0.0319. The maximum atomic E-state index is 13.1. The van der Waals surface area contributed by atoms with Gasteiger partial charge < -0.3 is 14.9 Å². The van der Waals surface area contributed by atoms with E-state index < -0.39 is 35.5 Å². The maximum Gasteiger partial charge on any atom is 0.306 e. The molecule has 0 saturated heterocycles. The van der Waals surface area contributed by atoms with Crippen molar-refractivity contribution in [3.8, 4) is 0 Å². The van der Waals surface area contributed by atoms with Crippen LogP contribution in [0.2, 0.25) is 0 Å². The number of carbonyl (C=O) groups is 3. The van der Waals surface area contributed by atoms with E-state index in [9.17, 15) is 24.6 Å². The molecule has 4 rings (SSSR count). The van der Waals surface area contributed by atoms with Crippen LogP contribution in [0.3, 0.4) is 0 Å². The summed E-state index contributed by atoms with van der Waals surface area (Å²) >= 11 is 0. The van der Waals surface area contributed by atoms with Crippen LogP contribution >= 0.6 is 0 Å². The van der Waals surface area contributed by atoms with Crippen LogP contribution in [0.15, 0.2) is 11.6 Å². The standard InChI is InChI=1S/C26H38O6/c1-4-5-6-22(31)32-26(21(30)15-27)12-10-19-18-8-7-16-13-17(28)9-11-24(16,2)23(18)20(29)14-25(19,26)3/h13,18-20,23,27,29H,4-12,14-15H2,1-3H3/t18?,19?,20?,23?,24?,25?,26-/m0/s1. The van der Waals surface area contributed by atoms with Crippen molar-refractivity contribution in [3.63, 3.8) is 0 Å². The minimum Gasteiger partial charge on any atom is -0.450 e. The molecule has 6 nitrogen and oxygen atoms in total. The predicted molar refractivity (Wildman–Crippen MR) is 119 cm³/mol. The Labute approximate surface area is 190 Å². The van der Waals surface area contributed by atoms with Gasteiger partial charge in [-0.25, -0.2) is 0 Å². The van der Waals surface area contributed by atoms with E-state index in [-0.39, 0.29) is 35.4 Å². The molecule has 6 unspecified atom stereocenters. The van der Waals surface area contributed by atoms with Gasteiger partial charge in [0.15, 0.2) is 11.4 Å². The summed E-state index contributed by atoms with van der Waals surface area (Å²) in [5.74, 6) is -0.297. The third kappa shape index (κ3) is 3.32. The zero-order valence-electron chi connectivity index (χ0n) is 19.7. The van der Waals surface area contributed by atoms with Gasteiger partial charge in [0.05, 0.1) is 6.10 Å². The number of ether oxygens (including phenoxy) is 1. The highest BCUT2D eigenvalue weighted by atomic mass is 16.6. The second kappa shape index (κ2) is 8.35. The number of hydrogen-bond donors (Lipinski definition) is 2. The summed E-state index contributed by atoms with van der Waals surface area (Å²) in [5.41, 5.74) is -1.12. The van der Waals surface area contributed by atoms with Gasteiger partial charge in [-0.05, 0) is 74.2 Å². The molecule has 0 amide bonds. The molecule has 0 radical (unpaired) electrons. The van der Waals surface area contributed by atoms with E-state index in [0.717, 1.165) is 32.1 Å². The smallest absolute Gasteiger partial charge is 0.306 e. The van der Waals surface area contributed by atoms with Crippen molar-refractivity contribution in [2.75, 3.05) is 6.61 Å². The van der Waals surface area contributed by atoms with Gasteiger partial charge in [-0.1, -0.05) is 32.8 Å². The Kier molecular flexibility index (Phi) is 6.17. The van der Waals surface area contributed by atoms with Crippen LogP contribution in [0.25, 0.3) is 0 Å². The Morgan fingerprint density at radius 1 is 1.19 bits per heavy atom. The van der Waals surface area contributed by atoms with E-state index in [1.165, 1.54) is 5.57 Å². The van der Waals surface area contributed by atoms with Crippen LogP contribution in [0, 0.1) is 28.6 Å². The molecular weight excluding hydrogens is 408 g/mol. The van der Waals surface area contributed by atoms with Gasteiger partial charge in [-0.3, -0.25) is 14.4 Å². The predicted octanol–water partition coefficient (Wildman–Crippen LogP) is 3.52. The van der Waals surface area contributed by atoms with Gasteiger partial charge in [0.1, 0.15) is 6.61 Å². The second-order valence-corrected chi connectivity index (χ2v) is 11.1. The van der Waals surface area contributed by atoms with E-state index >= 15 is 0 Å². The molecule has 0 spiro atoms. The largest absolute Gasteiger partial charge is 0.450 e. The average molecular weight is 447 g/mol. The Morgan fingerprint density at radius 2 is 1.94 bits per heavy atom. The molecule has 0 bridgehead atoms. The number of unbranched alkanes of at least 4 members (excludes halogenated alkanes) is 1. The van der Waals surface area contributed by atoms with E-state index in [0.29, 0.717) is 25.7 Å². The number of rotatable bonds is 6. The fraction of sp³-hybridized carbons (Fsp3) is 0.808. The van der Waals surface area contributed by atoms with Crippen molar-refractivity contribution in [1.29, 1.82) is 0 Å².